The Kier molecular flexibility index (Phi) is 5.81. The molecule has 3 rings (SSSR count). The maximum absolute atomic E-state index is 13.7. The summed E-state index contributed by atoms with van der Waals surface area (Å²) in [4.78, 5) is 12.3. The van der Waals surface area contributed by atoms with Gasteiger partial charge in [-0.1, -0.05) is 6.42 Å². The average Bonchev–Trinajstić information content (AvgIpc) is 2.63. The smallest absolute Gasteiger partial charge is 0.258 e. The lowest BCUT2D eigenvalue weighted by atomic mass is 10.0. The Bertz CT molecular complexity index is 967. The molecule has 1 fully saturated rings. The van der Waals surface area contributed by atoms with Gasteiger partial charge in [0.2, 0.25) is 10.0 Å². The Morgan fingerprint density at radius 2 is 1.64 bits per heavy atom. The van der Waals surface area contributed by atoms with Gasteiger partial charge in [-0.3, -0.25) is 4.79 Å². The van der Waals surface area contributed by atoms with Crippen LogP contribution in [-0.2, 0) is 10.0 Å². The number of piperidine rings is 1. The lowest BCUT2D eigenvalue weighted by Crippen LogP contribution is -2.47. The molecule has 1 saturated heterocycles. The molecule has 28 heavy (non-hydrogen) atoms. The topological polar surface area (TPSA) is 66.5 Å². The van der Waals surface area contributed by atoms with Gasteiger partial charge < -0.3 is 5.32 Å². The Morgan fingerprint density at radius 3 is 2.25 bits per heavy atom. The molecule has 0 aromatic heterocycles. The standard InChI is InChI=1S/C20H22F2N2O3S/c1-13-4-3-5-14(2)24(13)28(26,27)17-9-7-16(8-10-17)23-20(25)18-12-15(21)6-11-19(18)22/h6-14H,3-5H2,1-2H3,(H,23,25). The highest BCUT2D eigenvalue weighted by atomic mass is 32.2. The van der Waals surface area contributed by atoms with Crippen molar-refractivity contribution < 1.29 is 22.0 Å². The number of rotatable bonds is 4. The van der Waals surface area contributed by atoms with Crippen LogP contribution in [0.3, 0.4) is 0 Å². The van der Waals surface area contributed by atoms with Crippen LogP contribution in [0.4, 0.5) is 14.5 Å². The van der Waals surface area contributed by atoms with E-state index in [1.165, 1.54) is 28.6 Å². The third-order valence-corrected chi connectivity index (χ3v) is 7.12. The van der Waals surface area contributed by atoms with Gasteiger partial charge in [0.1, 0.15) is 11.6 Å². The molecule has 1 N–H and O–H groups in total. The second kappa shape index (κ2) is 7.97. The zero-order chi connectivity index (χ0) is 20.5. The first kappa shape index (κ1) is 20.4. The molecule has 5 nitrogen and oxygen atoms in total. The lowest BCUT2D eigenvalue weighted by Gasteiger charge is -2.37. The number of anilines is 1. The molecule has 2 aromatic rings. The van der Waals surface area contributed by atoms with Gasteiger partial charge in [-0.2, -0.15) is 4.31 Å². The van der Waals surface area contributed by atoms with E-state index in [2.05, 4.69) is 5.32 Å². The molecule has 1 aliphatic heterocycles. The fourth-order valence-corrected chi connectivity index (χ4v) is 5.46. The highest BCUT2D eigenvalue weighted by molar-refractivity contribution is 7.89. The molecule has 2 unspecified atom stereocenters. The Labute approximate surface area is 163 Å². The minimum Gasteiger partial charge on any atom is -0.322 e. The van der Waals surface area contributed by atoms with Crippen molar-refractivity contribution in [3.63, 3.8) is 0 Å². The van der Waals surface area contributed by atoms with Crippen molar-refractivity contribution in [2.24, 2.45) is 0 Å². The molecular weight excluding hydrogens is 386 g/mol. The van der Waals surface area contributed by atoms with Crippen molar-refractivity contribution in [2.75, 3.05) is 5.32 Å². The summed E-state index contributed by atoms with van der Waals surface area (Å²) in [5, 5.41) is 2.45. The first-order chi connectivity index (χ1) is 13.2. The Morgan fingerprint density at radius 1 is 1.04 bits per heavy atom. The van der Waals surface area contributed by atoms with Gasteiger partial charge in [-0.25, -0.2) is 17.2 Å². The fourth-order valence-electron chi connectivity index (χ4n) is 3.57. The van der Waals surface area contributed by atoms with E-state index in [1.807, 2.05) is 13.8 Å². The van der Waals surface area contributed by atoms with Crippen molar-refractivity contribution in [3.05, 3.63) is 59.7 Å². The van der Waals surface area contributed by atoms with Crippen LogP contribution >= 0.6 is 0 Å². The molecule has 0 saturated carbocycles. The number of hydrogen-bond donors (Lipinski definition) is 1. The molecule has 8 heteroatoms. The summed E-state index contributed by atoms with van der Waals surface area (Å²) in [6.45, 7) is 3.80. The van der Waals surface area contributed by atoms with Gasteiger partial charge in [-0.05, 0) is 69.2 Å². The summed E-state index contributed by atoms with van der Waals surface area (Å²) in [6, 6.07) is 8.12. The van der Waals surface area contributed by atoms with Crippen LogP contribution in [0.25, 0.3) is 0 Å². The van der Waals surface area contributed by atoms with E-state index in [0.717, 1.165) is 37.5 Å². The third kappa shape index (κ3) is 4.07. The van der Waals surface area contributed by atoms with Crippen molar-refractivity contribution in [3.8, 4) is 0 Å². The summed E-state index contributed by atoms with van der Waals surface area (Å²) >= 11 is 0. The van der Waals surface area contributed by atoms with Gasteiger partial charge in [0.05, 0.1) is 10.5 Å². The molecular formula is C20H22F2N2O3S. The largest absolute Gasteiger partial charge is 0.322 e. The monoisotopic (exact) mass is 408 g/mol. The molecule has 0 radical (unpaired) electrons. The van der Waals surface area contributed by atoms with E-state index >= 15 is 0 Å². The maximum Gasteiger partial charge on any atom is 0.258 e. The number of carbonyl (C=O) groups excluding carboxylic acids is 1. The van der Waals surface area contributed by atoms with Gasteiger partial charge in [0.15, 0.2) is 0 Å². The second-order valence-electron chi connectivity index (χ2n) is 7.07. The Balaban J connectivity index is 1.79. The second-order valence-corrected chi connectivity index (χ2v) is 8.91. The van der Waals surface area contributed by atoms with E-state index in [1.54, 1.807) is 0 Å². The number of benzene rings is 2. The molecule has 0 spiro atoms. The highest BCUT2D eigenvalue weighted by Crippen LogP contribution is 2.30. The van der Waals surface area contributed by atoms with Crippen LogP contribution in [0.15, 0.2) is 47.4 Å². The van der Waals surface area contributed by atoms with Crippen molar-refractivity contribution in [2.45, 2.75) is 50.1 Å². The molecule has 0 bridgehead atoms. The average molecular weight is 408 g/mol. The number of sulfonamides is 1. The van der Waals surface area contributed by atoms with E-state index < -0.39 is 33.1 Å². The zero-order valence-electron chi connectivity index (χ0n) is 15.7. The van der Waals surface area contributed by atoms with Crippen molar-refractivity contribution in [1.29, 1.82) is 0 Å². The summed E-state index contributed by atoms with van der Waals surface area (Å²) < 4.78 is 54.5. The molecule has 0 aliphatic carbocycles. The highest BCUT2D eigenvalue weighted by Gasteiger charge is 2.35. The normalized spacial score (nSPS) is 20.7. The van der Waals surface area contributed by atoms with Gasteiger partial charge >= 0.3 is 0 Å². The Hall–Kier alpha value is -2.32. The summed E-state index contributed by atoms with van der Waals surface area (Å²) in [5.74, 6) is -2.38. The van der Waals surface area contributed by atoms with Gasteiger partial charge in [0.25, 0.3) is 5.91 Å². The van der Waals surface area contributed by atoms with E-state index in [0.29, 0.717) is 0 Å². The third-order valence-electron chi connectivity index (χ3n) is 4.97. The predicted octanol–water partition coefficient (Wildman–Crippen LogP) is 4.17. The number of nitrogens with one attached hydrogen (secondary N) is 1. The molecule has 150 valence electrons. The summed E-state index contributed by atoms with van der Waals surface area (Å²) in [6.07, 6.45) is 2.63. The predicted molar refractivity (Wildman–Crippen MR) is 103 cm³/mol. The number of halogens is 2. The van der Waals surface area contributed by atoms with E-state index in [9.17, 15) is 22.0 Å². The van der Waals surface area contributed by atoms with Crippen LogP contribution < -0.4 is 5.32 Å². The molecule has 1 heterocycles. The van der Waals surface area contributed by atoms with E-state index in [4.69, 9.17) is 0 Å². The minimum absolute atomic E-state index is 0.0796. The minimum atomic E-state index is -3.66. The van der Waals surface area contributed by atoms with Crippen molar-refractivity contribution >= 4 is 21.6 Å². The first-order valence-corrected chi connectivity index (χ1v) is 10.5. The van der Waals surface area contributed by atoms with Crippen molar-refractivity contribution in [1.82, 2.24) is 4.31 Å². The van der Waals surface area contributed by atoms with Gasteiger partial charge in [-0.15, -0.1) is 0 Å². The SMILES string of the molecule is CC1CCCC(C)N1S(=O)(=O)c1ccc(NC(=O)c2cc(F)ccc2F)cc1. The van der Waals surface area contributed by atoms with Crippen LogP contribution in [-0.4, -0.2) is 30.7 Å². The van der Waals surface area contributed by atoms with Crippen LogP contribution in [0.2, 0.25) is 0 Å². The lowest BCUT2D eigenvalue weighted by molar-refractivity contribution is 0.102. The van der Waals surface area contributed by atoms with Crippen LogP contribution in [0.5, 0.6) is 0 Å². The van der Waals surface area contributed by atoms with E-state index in [-0.39, 0.29) is 22.7 Å². The summed E-state index contributed by atoms with van der Waals surface area (Å²) in [5.41, 5.74) is -0.139. The zero-order valence-corrected chi connectivity index (χ0v) is 16.5. The first-order valence-electron chi connectivity index (χ1n) is 9.10. The number of amides is 1. The van der Waals surface area contributed by atoms with Crippen LogP contribution in [0, 0.1) is 11.6 Å². The number of nitrogens with zero attached hydrogens (tertiary/aromatic N) is 1. The number of hydrogen-bond acceptors (Lipinski definition) is 3. The van der Waals surface area contributed by atoms with Gasteiger partial charge in [0, 0.05) is 17.8 Å². The molecule has 1 amide bonds. The molecule has 2 atom stereocenters. The fraction of sp³-hybridized carbons (Fsp3) is 0.350. The van der Waals surface area contributed by atoms with Crippen LogP contribution in [0.1, 0.15) is 43.5 Å². The number of carbonyl (C=O) groups is 1. The summed E-state index contributed by atoms with van der Waals surface area (Å²) in [7, 11) is -3.66. The molecule has 2 aromatic carbocycles. The maximum atomic E-state index is 13.7. The molecule has 1 aliphatic rings. The quantitative estimate of drug-likeness (QED) is 0.826.